The van der Waals surface area contributed by atoms with Crippen LogP contribution >= 0.6 is 0 Å². The molecule has 0 aliphatic carbocycles. The average Bonchev–Trinajstić information content (AvgIpc) is 3.12. The van der Waals surface area contributed by atoms with Gasteiger partial charge in [-0.3, -0.25) is 14.9 Å². The summed E-state index contributed by atoms with van der Waals surface area (Å²) in [7, 11) is 0. The minimum atomic E-state index is -0.453. The Morgan fingerprint density at radius 2 is 1.89 bits per heavy atom. The topological polar surface area (TPSA) is 85.4 Å². The van der Waals surface area contributed by atoms with Gasteiger partial charge in [-0.1, -0.05) is 24.3 Å². The Kier molecular flexibility index (Phi) is 5.17. The van der Waals surface area contributed by atoms with E-state index in [2.05, 4.69) is 5.32 Å². The number of benzene rings is 2. The van der Waals surface area contributed by atoms with Gasteiger partial charge in [0.25, 0.3) is 5.69 Å². The van der Waals surface area contributed by atoms with Gasteiger partial charge in [0.1, 0.15) is 11.5 Å². The van der Waals surface area contributed by atoms with Crippen molar-refractivity contribution in [3.8, 4) is 11.3 Å². The van der Waals surface area contributed by atoms with Crippen LogP contribution in [0.1, 0.15) is 16.9 Å². The summed E-state index contributed by atoms with van der Waals surface area (Å²) < 4.78 is 5.63. The molecule has 0 saturated carbocycles. The number of nitrogens with one attached hydrogen (secondary N) is 1. The number of carbonyl (C=O) groups excluding carboxylic acids is 1. The van der Waals surface area contributed by atoms with Crippen LogP contribution in [0.4, 0.5) is 11.4 Å². The van der Waals surface area contributed by atoms with E-state index in [1.807, 2.05) is 32.0 Å². The molecule has 0 aliphatic rings. The highest BCUT2D eigenvalue weighted by Crippen LogP contribution is 2.31. The number of amides is 1. The van der Waals surface area contributed by atoms with Crippen molar-refractivity contribution in [3.63, 3.8) is 0 Å². The summed E-state index contributed by atoms with van der Waals surface area (Å²) >= 11 is 0. The van der Waals surface area contributed by atoms with E-state index in [9.17, 15) is 14.9 Å². The number of hydrogen-bond donors (Lipinski definition) is 1. The summed E-state index contributed by atoms with van der Waals surface area (Å²) in [4.78, 5) is 22.8. The lowest BCUT2D eigenvalue weighted by molar-refractivity contribution is -0.384. The van der Waals surface area contributed by atoms with Gasteiger partial charge in [-0.25, -0.2) is 0 Å². The van der Waals surface area contributed by atoms with Gasteiger partial charge in [0, 0.05) is 17.8 Å². The monoisotopic (exact) mass is 362 g/mol. The van der Waals surface area contributed by atoms with Crippen LogP contribution in [0.25, 0.3) is 17.4 Å². The van der Waals surface area contributed by atoms with Crippen molar-refractivity contribution in [1.82, 2.24) is 0 Å². The van der Waals surface area contributed by atoms with Gasteiger partial charge in [-0.15, -0.1) is 0 Å². The van der Waals surface area contributed by atoms with Gasteiger partial charge in [-0.05, 0) is 55.3 Å². The molecule has 1 heterocycles. The highest BCUT2D eigenvalue weighted by atomic mass is 16.6. The zero-order chi connectivity index (χ0) is 19.4. The highest BCUT2D eigenvalue weighted by molar-refractivity contribution is 6.02. The predicted molar refractivity (Wildman–Crippen MR) is 104 cm³/mol. The Balaban J connectivity index is 1.75. The fourth-order valence-corrected chi connectivity index (χ4v) is 2.63. The van der Waals surface area contributed by atoms with E-state index < -0.39 is 4.92 Å². The maximum Gasteiger partial charge on any atom is 0.280 e. The fourth-order valence-electron chi connectivity index (χ4n) is 2.63. The minimum Gasteiger partial charge on any atom is -0.456 e. The fraction of sp³-hybridized carbons (Fsp3) is 0.0952. The van der Waals surface area contributed by atoms with Gasteiger partial charge in [0.15, 0.2) is 0 Å². The Hall–Kier alpha value is -3.67. The molecule has 6 heteroatoms. The summed E-state index contributed by atoms with van der Waals surface area (Å²) in [6.45, 7) is 3.88. The third kappa shape index (κ3) is 4.30. The number of nitrogens with zero attached hydrogens (tertiary/aromatic N) is 1. The molecule has 27 heavy (non-hydrogen) atoms. The van der Waals surface area contributed by atoms with Crippen molar-refractivity contribution in [2.24, 2.45) is 0 Å². The van der Waals surface area contributed by atoms with Crippen LogP contribution < -0.4 is 5.32 Å². The maximum absolute atomic E-state index is 12.1. The van der Waals surface area contributed by atoms with Crippen LogP contribution in [0, 0.1) is 24.0 Å². The largest absolute Gasteiger partial charge is 0.456 e. The third-order valence-electron chi connectivity index (χ3n) is 4.04. The first-order valence-corrected chi connectivity index (χ1v) is 8.34. The Morgan fingerprint density at radius 1 is 1.11 bits per heavy atom. The molecule has 3 rings (SSSR count). The molecule has 3 aromatic rings. The minimum absolute atomic E-state index is 0.0324. The number of hydrogen-bond acceptors (Lipinski definition) is 4. The molecule has 0 atom stereocenters. The molecule has 0 bridgehead atoms. The lowest BCUT2D eigenvalue weighted by atomic mass is 10.1. The smallest absolute Gasteiger partial charge is 0.280 e. The number of anilines is 1. The summed E-state index contributed by atoms with van der Waals surface area (Å²) in [6, 6.07) is 15.5. The quantitative estimate of drug-likeness (QED) is 0.388. The second-order valence-corrected chi connectivity index (χ2v) is 6.12. The van der Waals surface area contributed by atoms with Crippen molar-refractivity contribution in [2.75, 3.05) is 5.32 Å². The number of nitro benzene ring substituents is 1. The van der Waals surface area contributed by atoms with Crippen molar-refractivity contribution < 1.29 is 14.1 Å². The second kappa shape index (κ2) is 7.70. The van der Waals surface area contributed by atoms with Crippen molar-refractivity contribution in [1.29, 1.82) is 0 Å². The zero-order valence-electron chi connectivity index (χ0n) is 14.9. The summed E-state index contributed by atoms with van der Waals surface area (Å²) in [5, 5.41) is 14.0. The van der Waals surface area contributed by atoms with Crippen molar-refractivity contribution in [3.05, 3.63) is 87.7 Å². The first-order chi connectivity index (χ1) is 12.9. The lowest BCUT2D eigenvalue weighted by Crippen LogP contribution is -2.09. The number of para-hydroxylation sites is 1. The summed E-state index contributed by atoms with van der Waals surface area (Å²) in [5.41, 5.74) is 3.14. The van der Waals surface area contributed by atoms with E-state index in [0.29, 0.717) is 17.1 Å². The second-order valence-electron chi connectivity index (χ2n) is 6.12. The number of aryl methyl sites for hydroxylation is 2. The third-order valence-corrected chi connectivity index (χ3v) is 4.04. The van der Waals surface area contributed by atoms with Gasteiger partial charge in [-0.2, -0.15) is 0 Å². The Labute approximate surface area is 156 Å². The van der Waals surface area contributed by atoms with Crippen LogP contribution in [0.5, 0.6) is 0 Å². The van der Waals surface area contributed by atoms with Crippen LogP contribution in [-0.2, 0) is 4.79 Å². The van der Waals surface area contributed by atoms with Gasteiger partial charge in [0.05, 0.1) is 10.5 Å². The van der Waals surface area contributed by atoms with E-state index in [0.717, 1.165) is 16.8 Å². The van der Waals surface area contributed by atoms with E-state index in [1.165, 1.54) is 18.2 Å². The molecule has 0 fully saturated rings. The average molecular weight is 362 g/mol. The lowest BCUT2D eigenvalue weighted by Gasteiger charge is -2.07. The van der Waals surface area contributed by atoms with Crippen molar-refractivity contribution in [2.45, 2.75) is 13.8 Å². The van der Waals surface area contributed by atoms with Gasteiger partial charge >= 0.3 is 0 Å². The first-order valence-electron chi connectivity index (χ1n) is 8.34. The molecule has 0 unspecified atom stereocenters. The van der Waals surface area contributed by atoms with E-state index >= 15 is 0 Å². The predicted octanol–water partition coefficient (Wildman–Crippen LogP) is 5.12. The number of carbonyl (C=O) groups is 1. The molecule has 6 nitrogen and oxygen atoms in total. The van der Waals surface area contributed by atoms with Crippen LogP contribution in [-0.4, -0.2) is 10.8 Å². The van der Waals surface area contributed by atoms with Crippen LogP contribution in [0.3, 0.4) is 0 Å². The summed E-state index contributed by atoms with van der Waals surface area (Å²) in [5.74, 6) is 0.517. The molecule has 2 aromatic carbocycles. The Morgan fingerprint density at radius 3 is 2.67 bits per heavy atom. The van der Waals surface area contributed by atoms with E-state index in [4.69, 9.17) is 4.42 Å². The molecule has 1 N–H and O–H groups in total. The van der Waals surface area contributed by atoms with Crippen LogP contribution in [0.2, 0.25) is 0 Å². The standard InChI is InChI=1S/C21H18N2O4/c1-14-7-8-15(2)18(13-14)22-21(24)12-10-16-9-11-20(27-16)17-5-3-4-6-19(17)23(25)26/h3-13H,1-2H3,(H,22,24). The molecule has 0 spiro atoms. The molecular formula is C21H18N2O4. The first kappa shape index (κ1) is 18.1. The van der Waals surface area contributed by atoms with E-state index in [-0.39, 0.29) is 11.6 Å². The number of rotatable bonds is 5. The SMILES string of the molecule is Cc1ccc(C)c(NC(=O)C=Cc2ccc(-c3ccccc3[N+](=O)[O-])o2)c1. The molecule has 0 aliphatic heterocycles. The number of furan rings is 1. The molecular weight excluding hydrogens is 344 g/mol. The van der Waals surface area contributed by atoms with Crippen molar-refractivity contribution >= 4 is 23.4 Å². The van der Waals surface area contributed by atoms with Gasteiger partial charge in [0.2, 0.25) is 5.91 Å². The molecule has 0 radical (unpaired) electrons. The van der Waals surface area contributed by atoms with Crippen LogP contribution in [0.15, 0.2) is 65.1 Å². The molecule has 1 aromatic heterocycles. The molecule has 1 amide bonds. The normalized spacial score (nSPS) is 10.9. The highest BCUT2D eigenvalue weighted by Gasteiger charge is 2.16. The number of nitro groups is 1. The zero-order valence-corrected chi connectivity index (χ0v) is 14.9. The molecule has 0 saturated heterocycles. The maximum atomic E-state index is 12.1. The molecule has 136 valence electrons. The van der Waals surface area contributed by atoms with Gasteiger partial charge < -0.3 is 9.73 Å². The Bertz CT molecular complexity index is 1030. The summed E-state index contributed by atoms with van der Waals surface area (Å²) in [6.07, 6.45) is 2.89. The van der Waals surface area contributed by atoms with E-state index in [1.54, 1.807) is 30.3 Å².